The lowest BCUT2D eigenvalue weighted by molar-refractivity contribution is 0.398. The minimum Gasteiger partial charge on any atom is -0.380 e. The van der Waals surface area contributed by atoms with Gasteiger partial charge in [0, 0.05) is 12.3 Å². The Balaban J connectivity index is 1.95. The van der Waals surface area contributed by atoms with Crippen molar-refractivity contribution in [2.75, 3.05) is 32.9 Å². The topological polar surface area (TPSA) is 15.3 Å². The van der Waals surface area contributed by atoms with Gasteiger partial charge < -0.3 is 10.2 Å². The molecule has 2 nitrogen and oxygen atoms in total. The molecule has 0 amide bonds. The lowest BCUT2D eigenvalue weighted by Crippen LogP contribution is -2.19. The van der Waals surface area contributed by atoms with Crippen LogP contribution < -0.4 is 5.32 Å². The van der Waals surface area contributed by atoms with Crippen molar-refractivity contribution < 1.29 is 0 Å². The monoisotopic (exact) mass is 186 g/mol. The predicted octanol–water partition coefficient (Wildman–Crippen LogP) is 1.51. The average Bonchev–Trinajstić information content (AvgIpc) is 2.49. The van der Waals surface area contributed by atoms with Gasteiger partial charge >= 0.3 is 0 Å². The van der Waals surface area contributed by atoms with Crippen molar-refractivity contribution in [3.63, 3.8) is 0 Å². The van der Waals surface area contributed by atoms with Gasteiger partial charge in [-0.05, 0) is 33.5 Å². The second-order valence-corrected chi connectivity index (χ2v) is 4.43. The van der Waals surface area contributed by atoms with Crippen LogP contribution in [0.3, 0.4) is 0 Å². The third-order valence-corrected chi connectivity index (χ3v) is 2.85. The van der Waals surface area contributed by atoms with Gasteiger partial charge in [-0.25, -0.2) is 0 Å². The van der Waals surface area contributed by atoms with Gasteiger partial charge in [0.1, 0.15) is 0 Å². The van der Waals surface area contributed by atoms with Gasteiger partial charge in [0.05, 0.1) is 5.03 Å². The molecule has 0 atom stereocenters. The van der Waals surface area contributed by atoms with Crippen molar-refractivity contribution in [1.82, 2.24) is 10.2 Å². The van der Waals surface area contributed by atoms with Crippen molar-refractivity contribution >= 4 is 11.8 Å². The summed E-state index contributed by atoms with van der Waals surface area (Å²) in [6, 6.07) is 0. The van der Waals surface area contributed by atoms with E-state index in [4.69, 9.17) is 0 Å². The fourth-order valence-electron chi connectivity index (χ4n) is 1.15. The number of thioether (sulfide) groups is 1. The molecule has 12 heavy (non-hydrogen) atoms. The summed E-state index contributed by atoms with van der Waals surface area (Å²) in [4.78, 5) is 2.22. The predicted molar refractivity (Wildman–Crippen MR) is 56.3 cm³/mol. The molecule has 1 aliphatic rings. The number of hydrogen-bond donors (Lipinski definition) is 1. The van der Waals surface area contributed by atoms with Crippen molar-refractivity contribution in [2.24, 2.45) is 0 Å². The standard InChI is InChI=1S/C9H18N2S/c1-11(2)7-4-6-10-9-5-3-8-12-9/h5,10H,3-4,6-8H2,1-2H3. The molecule has 0 spiro atoms. The molecule has 3 heteroatoms. The van der Waals surface area contributed by atoms with Crippen molar-refractivity contribution in [3.05, 3.63) is 11.1 Å². The molecule has 0 fully saturated rings. The van der Waals surface area contributed by atoms with E-state index >= 15 is 0 Å². The highest BCUT2D eigenvalue weighted by atomic mass is 32.2. The van der Waals surface area contributed by atoms with Gasteiger partial charge in [-0.3, -0.25) is 0 Å². The van der Waals surface area contributed by atoms with E-state index < -0.39 is 0 Å². The third-order valence-electron chi connectivity index (χ3n) is 1.79. The van der Waals surface area contributed by atoms with Crippen LogP contribution in [0.2, 0.25) is 0 Å². The van der Waals surface area contributed by atoms with Crippen LogP contribution in [-0.2, 0) is 0 Å². The Labute approximate surface area is 79.4 Å². The highest BCUT2D eigenvalue weighted by Gasteiger charge is 2.02. The Bertz CT molecular complexity index is 155. The maximum atomic E-state index is 3.43. The quantitative estimate of drug-likeness (QED) is 0.655. The Hall–Kier alpha value is -0.150. The summed E-state index contributed by atoms with van der Waals surface area (Å²) in [5.74, 6) is 1.26. The first-order valence-corrected chi connectivity index (χ1v) is 5.49. The van der Waals surface area contributed by atoms with Gasteiger partial charge in [0.15, 0.2) is 0 Å². The molecule has 0 bridgehead atoms. The van der Waals surface area contributed by atoms with E-state index in [9.17, 15) is 0 Å². The van der Waals surface area contributed by atoms with Gasteiger partial charge in [-0.2, -0.15) is 0 Å². The maximum Gasteiger partial charge on any atom is 0.0641 e. The summed E-state index contributed by atoms with van der Waals surface area (Å²) < 4.78 is 0. The summed E-state index contributed by atoms with van der Waals surface area (Å²) >= 11 is 1.94. The first-order valence-electron chi connectivity index (χ1n) is 4.50. The number of hydrogen-bond acceptors (Lipinski definition) is 3. The summed E-state index contributed by atoms with van der Waals surface area (Å²) in [6.45, 7) is 2.28. The molecule has 1 N–H and O–H groups in total. The van der Waals surface area contributed by atoms with Crippen molar-refractivity contribution in [1.29, 1.82) is 0 Å². The van der Waals surface area contributed by atoms with E-state index in [1.54, 1.807) is 0 Å². The molecule has 0 unspecified atom stereocenters. The molecular formula is C9H18N2S. The van der Waals surface area contributed by atoms with Crippen LogP contribution in [0.25, 0.3) is 0 Å². The fraction of sp³-hybridized carbons (Fsp3) is 0.778. The van der Waals surface area contributed by atoms with Crippen LogP contribution in [0.15, 0.2) is 11.1 Å². The molecule has 0 saturated carbocycles. The van der Waals surface area contributed by atoms with Crippen molar-refractivity contribution in [2.45, 2.75) is 12.8 Å². The molecule has 0 aromatic rings. The van der Waals surface area contributed by atoms with Crippen LogP contribution in [0.5, 0.6) is 0 Å². The largest absolute Gasteiger partial charge is 0.380 e. The number of allylic oxidation sites excluding steroid dienone is 1. The SMILES string of the molecule is CN(C)CCCNC1=CCCS1. The third kappa shape index (κ3) is 4.02. The van der Waals surface area contributed by atoms with Gasteiger partial charge in [-0.1, -0.05) is 6.08 Å². The van der Waals surface area contributed by atoms with Crippen LogP contribution in [0.1, 0.15) is 12.8 Å². The molecule has 1 aliphatic heterocycles. The van der Waals surface area contributed by atoms with E-state index in [1.165, 1.54) is 30.2 Å². The lowest BCUT2D eigenvalue weighted by Gasteiger charge is -2.10. The smallest absolute Gasteiger partial charge is 0.0641 e. The second kappa shape index (κ2) is 5.49. The average molecular weight is 186 g/mol. The van der Waals surface area contributed by atoms with E-state index in [0.29, 0.717) is 0 Å². The fourth-order valence-corrected chi connectivity index (χ4v) is 2.04. The molecule has 0 saturated heterocycles. The van der Waals surface area contributed by atoms with Crippen molar-refractivity contribution in [3.8, 4) is 0 Å². The second-order valence-electron chi connectivity index (χ2n) is 3.29. The minimum absolute atomic E-state index is 1.11. The first kappa shape index (κ1) is 9.93. The zero-order valence-corrected chi connectivity index (χ0v) is 8.78. The van der Waals surface area contributed by atoms with Gasteiger partial charge in [0.25, 0.3) is 0 Å². The molecule has 0 aromatic heterocycles. The molecule has 0 aliphatic carbocycles. The number of nitrogens with one attached hydrogen (secondary N) is 1. The zero-order valence-electron chi connectivity index (χ0n) is 7.97. The van der Waals surface area contributed by atoms with E-state index in [1.807, 2.05) is 11.8 Å². The Morgan fingerprint density at radius 2 is 2.42 bits per heavy atom. The maximum absolute atomic E-state index is 3.43. The minimum atomic E-state index is 1.11. The van der Waals surface area contributed by atoms with Crippen LogP contribution in [-0.4, -0.2) is 37.8 Å². The van der Waals surface area contributed by atoms with Crippen LogP contribution >= 0.6 is 11.8 Å². The molecule has 0 aromatic carbocycles. The molecule has 1 rings (SSSR count). The summed E-state index contributed by atoms with van der Waals surface area (Å²) in [5.41, 5.74) is 0. The molecule has 70 valence electrons. The summed E-state index contributed by atoms with van der Waals surface area (Å²) in [6.07, 6.45) is 4.76. The van der Waals surface area contributed by atoms with Crippen LogP contribution in [0, 0.1) is 0 Å². The Kier molecular flexibility index (Phi) is 4.54. The van der Waals surface area contributed by atoms with Gasteiger partial charge in [0.2, 0.25) is 0 Å². The summed E-state index contributed by atoms with van der Waals surface area (Å²) in [7, 11) is 4.23. The zero-order chi connectivity index (χ0) is 8.81. The lowest BCUT2D eigenvalue weighted by atomic mass is 10.4. The Morgan fingerprint density at radius 3 is 3.00 bits per heavy atom. The molecule has 1 heterocycles. The number of nitrogens with zero attached hydrogens (tertiary/aromatic N) is 1. The summed E-state index contributed by atoms with van der Waals surface area (Å²) in [5, 5.41) is 4.82. The van der Waals surface area contributed by atoms with E-state index in [2.05, 4.69) is 30.4 Å². The normalized spacial score (nSPS) is 16.8. The van der Waals surface area contributed by atoms with E-state index in [-0.39, 0.29) is 0 Å². The van der Waals surface area contributed by atoms with Gasteiger partial charge in [-0.15, -0.1) is 11.8 Å². The highest BCUT2D eigenvalue weighted by molar-refractivity contribution is 8.03. The Morgan fingerprint density at radius 1 is 1.58 bits per heavy atom. The number of rotatable bonds is 5. The van der Waals surface area contributed by atoms with E-state index in [0.717, 1.165) is 6.54 Å². The molecular weight excluding hydrogens is 168 g/mol. The first-order chi connectivity index (χ1) is 5.79. The van der Waals surface area contributed by atoms with Crippen LogP contribution in [0.4, 0.5) is 0 Å². The molecule has 0 radical (unpaired) electrons. The highest BCUT2D eigenvalue weighted by Crippen LogP contribution is 2.21.